The molecule has 2 saturated heterocycles. The van der Waals surface area contributed by atoms with Crippen LogP contribution < -0.4 is 16.3 Å². The van der Waals surface area contributed by atoms with Gasteiger partial charge in [0.25, 0.3) is 0 Å². The fourth-order valence-electron chi connectivity index (χ4n) is 5.03. The van der Waals surface area contributed by atoms with Crippen LogP contribution in [-0.2, 0) is 12.7 Å². The van der Waals surface area contributed by atoms with Crippen molar-refractivity contribution < 1.29 is 13.2 Å². The summed E-state index contributed by atoms with van der Waals surface area (Å²) in [5, 5.41) is 0. The third-order valence-electron chi connectivity index (χ3n) is 6.97. The average molecular weight is 491 g/mol. The number of H-pyrrole nitrogens is 1. The first-order chi connectivity index (χ1) is 16.7. The summed E-state index contributed by atoms with van der Waals surface area (Å²) >= 11 is 0. The quantitative estimate of drug-likeness (QED) is 0.564. The highest BCUT2D eigenvalue weighted by Crippen LogP contribution is 2.31. The van der Waals surface area contributed by atoms with E-state index in [4.69, 9.17) is 5.73 Å². The molecule has 0 aliphatic carbocycles. The Labute approximate surface area is 200 Å². The molecular formula is C23H29F3N8O. The Balaban J connectivity index is 1.39. The second-order valence-electron chi connectivity index (χ2n) is 9.42. The monoisotopic (exact) mass is 490 g/mol. The minimum absolute atomic E-state index is 0.0716. The minimum Gasteiger partial charge on any atom is -0.382 e. The van der Waals surface area contributed by atoms with Crippen LogP contribution in [-0.4, -0.2) is 81.7 Å². The number of imidazole rings is 1. The molecule has 3 aromatic rings. The topological polar surface area (TPSA) is 99.3 Å². The molecule has 1 unspecified atom stereocenters. The van der Waals surface area contributed by atoms with Gasteiger partial charge in [-0.3, -0.25) is 9.47 Å². The van der Waals surface area contributed by atoms with Crippen LogP contribution in [0.15, 0.2) is 29.2 Å². The predicted octanol–water partition coefficient (Wildman–Crippen LogP) is 1.99. The summed E-state index contributed by atoms with van der Waals surface area (Å²) in [6.45, 7) is 6.20. The average Bonchev–Trinajstić information content (AvgIpc) is 3.40. The number of aromatic nitrogens is 4. The smallest absolute Gasteiger partial charge is 0.382 e. The maximum atomic E-state index is 13.3. The van der Waals surface area contributed by atoms with Gasteiger partial charge >= 0.3 is 11.9 Å². The van der Waals surface area contributed by atoms with E-state index in [0.29, 0.717) is 6.04 Å². The number of halogens is 3. The van der Waals surface area contributed by atoms with Gasteiger partial charge in [-0.25, -0.2) is 14.8 Å². The van der Waals surface area contributed by atoms with Crippen molar-refractivity contribution in [2.24, 2.45) is 0 Å². The Morgan fingerprint density at radius 3 is 2.69 bits per heavy atom. The molecule has 3 aromatic heterocycles. The summed E-state index contributed by atoms with van der Waals surface area (Å²) in [6.07, 6.45) is -0.808. The number of nitrogens with one attached hydrogen (secondary N) is 1. The first-order valence-electron chi connectivity index (χ1n) is 11.8. The molecule has 5 heterocycles. The van der Waals surface area contributed by atoms with Gasteiger partial charge in [0.15, 0.2) is 0 Å². The number of nitrogens with zero attached hydrogens (tertiary/aromatic N) is 6. The second kappa shape index (κ2) is 9.15. The first kappa shape index (κ1) is 23.6. The molecule has 1 atom stereocenters. The lowest BCUT2D eigenvalue weighted by Gasteiger charge is -2.36. The van der Waals surface area contributed by atoms with E-state index in [2.05, 4.69) is 36.7 Å². The van der Waals surface area contributed by atoms with E-state index in [1.165, 1.54) is 4.57 Å². The van der Waals surface area contributed by atoms with Gasteiger partial charge in [-0.15, -0.1) is 0 Å². The van der Waals surface area contributed by atoms with Crippen molar-refractivity contribution in [3.63, 3.8) is 0 Å². The third-order valence-corrected chi connectivity index (χ3v) is 6.97. The molecule has 2 aliphatic heterocycles. The molecule has 0 amide bonds. The minimum atomic E-state index is -4.67. The molecule has 5 rings (SSSR count). The summed E-state index contributed by atoms with van der Waals surface area (Å²) in [5.74, 6) is 0.467. The van der Waals surface area contributed by atoms with Gasteiger partial charge in [0, 0.05) is 51.5 Å². The molecule has 0 radical (unpaired) electrons. The fourth-order valence-corrected chi connectivity index (χ4v) is 5.03. The zero-order chi connectivity index (χ0) is 24.7. The normalized spacial score (nSPS) is 20.2. The van der Waals surface area contributed by atoms with Crippen molar-refractivity contribution in [2.75, 3.05) is 56.9 Å². The molecule has 12 heteroatoms. The van der Waals surface area contributed by atoms with Gasteiger partial charge in [0.1, 0.15) is 22.8 Å². The van der Waals surface area contributed by atoms with Crippen molar-refractivity contribution in [3.8, 4) is 0 Å². The van der Waals surface area contributed by atoms with Crippen LogP contribution in [0.2, 0.25) is 0 Å². The number of aromatic amines is 1. The Bertz CT molecular complexity index is 1260. The largest absolute Gasteiger partial charge is 0.433 e. The molecule has 0 saturated carbocycles. The lowest BCUT2D eigenvalue weighted by Crippen LogP contribution is -2.49. The van der Waals surface area contributed by atoms with Crippen molar-refractivity contribution >= 4 is 22.7 Å². The van der Waals surface area contributed by atoms with Gasteiger partial charge < -0.3 is 20.5 Å². The van der Waals surface area contributed by atoms with Crippen LogP contribution in [0.3, 0.4) is 0 Å². The van der Waals surface area contributed by atoms with Crippen molar-refractivity contribution in [2.45, 2.75) is 31.6 Å². The number of pyridine rings is 2. The number of hydrogen-bond acceptors (Lipinski definition) is 7. The van der Waals surface area contributed by atoms with E-state index in [0.717, 1.165) is 69.6 Å². The Morgan fingerprint density at radius 1 is 1.17 bits per heavy atom. The maximum absolute atomic E-state index is 13.3. The number of nitrogens with two attached hydrogens (primary N) is 1. The highest BCUT2D eigenvalue weighted by molar-refractivity contribution is 5.85. The predicted molar refractivity (Wildman–Crippen MR) is 127 cm³/mol. The van der Waals surface area contributed by atoms with Gasteiger partial charge in [-0.05, 0) is 43.7 Å². The molecular weight excluding hydrogens is 461 g/mol. The molecule has 2 fully saturated rings. The molecule has 2 aliphatic rings. The standard InChI is InChI=1S/C23H29F3N8O/c1-31-7-9-32(10-8-31)14-16-3-2-6-33(16)19-11-15(4-5-28-19)13-34-17-12-18(23(24,25)26)29-21(27)20(17)30-22(34)35/h4-5,11-12,16H,2-3,6-10,13-14H2,1H3,(H2,27,29)(H,30,35). The summed E-state index contributed by atoms with van der Waals surface area (Å²) < 4.78 is 41.1. The third kappa shape index (κ3) is 4.85. The van der Waals surface area contributed by atoms with Gasteiger partial charge in [-0.1, -0.05) is 0 Å². The number of hydrogen-bond donors (Lipinski definition) is 2. The van der Waals surface area contributed by atoms with E-state index in [9.17, 15) is 18.0 Å². The second-order valence-corrected chi connectivity index (χ2v) is 9.42. The molecule has 0 spiro atoms. The van der Waals surface area contributed by atoms with Crippen LogP contribution in [0.5, 0.6) is 0 Å². The number of anilines is 2. The highest BCUT2D eigenvalue weighted by atomic mass is 19.4. The zero-order valence-corrected chi connectivity index (χ0v) is 19.6. The number of piperazine rings is 1. The maximum Gasteiger partial charge on any atom is 0.433 e. The number of rotatable bonds is 5. The zero-order valence-electron chi connectivity index (χ0n) is 19.6. The fraction of sp³-hybridized carbons (Fsp3) is 0.522. The summed E-state index contributed by atoms with van der Waals surface area (Å²) in [4.78, 5) is 30.3. The van der Waals surface area contributed by atoms with Crippen LogP contribution in [0.25, 0.3) is 11.0 Å². The summed E-state index contributed by atoms with van der Waals surface area (Å²) in [6, 6.07) is 4.91. The lowest BCUT2D eigenvalue weighted by molar-refractivity contribution is -0.141. The van der Waals surface area contributed by atoms with Crippen LogP contribution >= 0.6 is 0 Å². The number of likely N-dealkylation sites (N-methyl/N-ethyl adjacent to an activating group) is 1. The van der Waals surface area contributed by atoms with Gasteiger partial charge in [-0.2, -0.15) is 13.2 Å². The highest BCUT2D eigenvalue weighted by Gasteiger charge is 2.34. The number of nitrogen functional groups attached to an aromatic ring is 1. The molecule has 0 aromatic carbocycles. The van der Waals surface area contributed by atoms with E-state index < -0.39 is 17.6 Å². The van der Waals surface area contributed by atoms with E-state index in [1.807, 2.05) is 6.07 Å². The number of fused-ring (bicyclic) bond motifs is 1. The summed E-state index contributed by atoms with van der Waals surface area (Å²) in [5.41, 5.74) is 4.99. The molecule has 3 N–H and O–H groups in total. The van der Waals surface area contributed by atoms with Gasteiger partial charge in [0.2, 0.25) is 0 Å². The van der Waals surface area contributed by atoms with Crippen molar-refractivity contribution in [3.05, 3.63) is 46.1 Å². The van der Waals surface area contributed by atoms with Crippen molar-refractivity contribution in [1.82, 2.24) is 29.3 Å². The summed E-state index contributed by atoms with van der Waals surface area (Å²) in [7, 11) is 2.14. The van der Waals surface area contributed by atoms with Crippen LogP contribution in [0.1, 0.15) is 24.1 Å². The Kier molecular flexibility index (Phi) is 6.18. The Hall–Kier alpha value is -3.12. The molecule has 0 bridgehead atoms. The first-order valence-corrected chi connectivity index (χ1v) is 11.8. The molecule has 35 heavy (non-hydrogen) atoms. The Morgan fingerprint density at radius 2 is 1.94 bits per heavy atom. The SMILES string of the molecule is CN1CCN(CC2CCCN2c2cc(Cn3c(=O)[nH]c4c(N)nc(C(F)(F)F)cc43)ccn2)CC1. The lowest BCUT2D eigenvalue weighted by atomic mass is 10.2. The number of alkyl halides is 3. The molecule has 9 nitrogen and oxygen atoms in total. The molecule has 188 valence electrons. The van der Waals surface area contributed by atoms with Crippen LogP contribution in [0, 0.1) is 0 Å². The van der Waals surface area contributed by atoms with Crippen LogP contribution in [0.4, 0.5) is 24.8 Å². The van der Waals surface area contributed by atoms with E-state index in [-0.39, 0.29) is 23.4 Å². The van der Waals surface area contributed by atoms with Crippen molar-refractivity contribution in [1.29, 1.82) is 0 Å². The van der Waals surface area contributed by atoms with E-state index >= 15 is 0 Å². The van der Waals surface area contributed by atoms with Gasteiger partial charge in [0.05, 0.1) is 12.1 Å². The van der Waals surface area contributed by atoms with E-state index in [1.54, 1.807) is 12.3 Å².